The summed E-state index contributed by atoms with van der Waals surface area (Å²) in [6.07, 6.45) is 11.0. The van der Waals surface area contributed by atoms with Crippen molar-refractivity contribution in [1.82, 2.24) is 0 Å². The number of hydrogen-bond donors (Lipinski definition) is 0. The molecule has 0 aliphatic rings. The second-order valence-corrected chi connectivity index (χ2v) is 3.86. The van der Waals surface area contributed by atoms with Crippen LogP contribution in [0.4, 0.5) is 0 Å². The number of aryl methyl sites for hydroxylation is 2. The Kier molecular flexibility index (Phi) is 13.2. The molecule has 0 aliphatic carbocycles. The van der Waals surface area contributed by atoms with Crippen LogP contribution >= 0.6 is 0 Å². The molecule has 0 bridgehead atoms. The average molecular weight is 282 g/mol. The maximum absolute atomic E-state index is 4.00. The lowest BCUT2D eigenvalue weighted by atomic mass is 9.93. The highest BCUT2D eigenvalue weighted by Crippen LogP contribution is 2.26. The highest BCUT2D eigenvalue weighted by molar-refractivity contribution is 5.89. The van der Waals surface area contributed by atoms with Crippen molar-refractivity contribution in [3.05, 3.63) is 53.6 Å². The van der Waals surface area contributed by atoms with Crippen LogP contribution in [0.5, 0.6) is 0 Å². The summed E-state index contributed by atoms with van der Waals surface area (Å²) < 4.78 is 0. The van der Waals surface area contributed by atoms with Gasteiger partial charge in [-0.1, -0.05) is 77.6 Å². The van der Waals surface area contributed by atoms with Crippen LogP contribution in [0, 0.1) is 19.8 Å². The Morgan fingerprint density at radius 3 is 2.05 bits per heavy atom. The summed E-state index contributed by atoms with van der Waals surface area (Å²) in [7, 11) is 0. The first-order valence-corrected chi connectivity index (χ1v) is 7.75. The third kappa shape index (κ3) is 5.48. The molecule has 114 valence electrons. The Morgan fingerprint density at radius 1 is 1.05 bits per heavy atom. The van der Waals surface area contributed by atoms with Gasteiger partial charge in [0.25, 0.3) is 0 Å². The van der Waals surface area contributed by atoms with E-state index in [1.165, 1.54) is 27.5 Å². The molecule has 0 aliphatic heterocycles. The van der Waals surface area contributed by atoms with Crippen LogP contribution in [-0.2, 0) is 6.42 Å². The van der Waals surface area contributed by atoms with Crippen molar-refractivity contribution >= 4 is 16.8 Å². The zero-order valence-electron chi connectivity index (χ0n) is 14.5. The first-order chi connectivity index (χ1) is 10.3. The summed E-state index contributed by atoms with van der Waals surface area (Å²) in [4.78, 5) is 0. The molecule has 0 saturated carbocycles. The molecule has 21 heavy (non-hydrogen) atoms. The minimum absolute atomic E-state index is 1.06. The highest BCUT2D eigenvalue weighted by Gasteiger charge is 2.06. The van der Waals surface area contributed by atoms with Crippen molar-refractivity contribution in [2.75, 3.05) is 0 Å². The van der Waals surface area contributed by atoms with E-state index in [0.717, 1.165) is 6.42 Å². The number of fused-ring (bicyclic) bond motifs is 1. The van der Waals surface area contributed by atoms with E-state index in [2.05, 4.69) is 63.6 Å². The van der Waals surface area contributed by atoms with Crippen molar-refractivity contribution in [3.63, 3.8) is 0 Å². The fraction of sp³-hybridized carbons (Fsp3) is 0.333. The molecule has 0 heteroatoms. The van der Waals surface area contributed by atoms with E-state index < -0.39 is 0 Å². The van der Waals surface area contributed by atoms with Gasteiger partial charge < -0.3 is 0 Å². The lowest BCUT2D eigenvalue weighted by Gasteiger charge is -2.11. The van der Waals surface area contributed by atoms with Gasteiger partial charge in [0.05, 0.1) is 0 Å². The average Bonchev–Trinajstić information content (AvgIpc) is 2.59. The quantitative estimate of drug-likeness (QED) is 0.540. The lowest BCUT2D eigenvalue weighted by molar-refractivity contribution is 1.14. The second-order valence-electron chi connectivity index (χ2n) is 3.86. The van der Waals surface area contributed by atoms with E-state index in [-0.39, 0.29) is 0 Å². The van der Waals surface area contributed by atoms with Gasteiger partial charge in [0, 0.05) is 0 Å². The summed E-state index contributed by atoms with van der Waals surface area (Å²) in [6, 6.07) is 10.8. The summed E-state index contributed by atoms with van der Waals surface area (Å²) in [5, 5.41) is 2.69. The largest absolute Gasteiger partial charge is 0.124 e. The molecule has 0 unspecified atom stereocenters. The van der Waals surface area contributed by atoms with Crippen molar-refractivity contribution in [1.29, 1.82) is 0 Å². The van der Waals surface area contributed by atoms with Crippen molar-refractivity contribution < 1.29 is 0 Å². The smallest absolute Gasteiger partial charge is 0.0146 e. The number of benzene rings is 2. The summed E-state index contributed by atoms with van der Waals surface area (Å²) in [5.74, 6) is 0. The molecule has 0 heterocycles. The van der Waals surface area contributed by atoms with Crippen molar-refractivity contribution in [2.24, 2.45) is 0 Å². The van der Waals surface area contributed by atoms with Crippen LogP contribution in [0.2, 0.25) is 0 Å². The monoisotopic (exact) mass is 282 g/mol. The normalized spacial score (nSPS) is 8.19. The molecular formula is C21H30. The molecule has 0 radical (unpaired) electrons. The molecule has 2 aromatic carbocycles. The molecule has 0 nitrogen and oxygen atoms in total. The number of rotatable bonds is 2. The number of hydrogen-bond acceptors (Lipinski definition) is 0. The topological polar surface area (TPSA) is 0 Å². The van der Waals surface area contributed by atoms with Gasteiger partial charge in [-0.2, -0.15) is 0 Å². The van der Waals surface area contributed by atoms with E-state index in [1.54, 1.807) is 0 Å². The Balaban J connectivity index is 0. The van der Waals surface area contributed by atoms with Gasteiger partial charge >= 0.3 is 0 Å². The van der Waals surface area contributed by atoms with Crippen LogP contribution in [0.1, 0.15) is 51.3 Å². The third-order valence-electron chi connectivity index (χ3n) is 2.97. The van der Waals surface area contributed by atoms with Crippen LogP contribution in [-0.4, -0.2) is 0 Å². The third-order valence-corrected chi connectivity index (χ3v) is 2.97. The zero-order chi connectivity index (χ0) is 16.8. The van der Waals surface area contributed by atoms with Crippen LogP contribution in [0.3, 0.4) is 0 Å². The Labute approximate surface area is 131 Å². The molecule has 0 aromatic heterocycles. The molecule has 0 atom stereocenters. The Morgan fingerprint density at radius 2 is 1.57 bits per heavy atom. The highest BCUT2D eigenvalue weighted by atomic mass is 14.1. The van der Waals surface area contributed by atoms with Gasteiger partial charge in [-0.05, 0) is 40.8 Å². The van der Waals surface area contributed by atoms with Crippen LogP contribution < -0.4 is 0 Å². The molecule has 0 spiro atoms. The van der Waals surface area contributed by atoms with Gasteiger partial charge in [0.2, 0.25) is 0 Å². The van der Waals surface area contributed by atoms with E-state index in [4.69, 9.17) is 0 Å². The van der Waals surface area contributed by atoms with Gasteiger partial charge in [0.15, 0.2) is 0 Å². The predicted molar refractivity (Wildman–Crippen MR) is 101 cm³/mol. The molecule has 0 fully saturated rings. The predicted octanol–water partition coefficient (Wildman–Crippen LogP) is 6.66. The molecule has 0 amide bonds. The molecule has 0 saturated heterocycles. The molecular weight excluding hydrogens is 252 g/mol. The van der Waals surface area contributed by atoms with E-state index >= 15 is 0 Å². The molecule has 0 N–H and O–H groups in total. The maximum Gasteiger partial charge on any atom is -0.0146 e. The van der Waals surface area contributed by atoms with Gasteiger partial charge in [-0.15, -0.1) is 12.8 Å². The van der Waals surface area contributed by atoms with Crippen molar-refractivity contribution in [2.45, 2.75) is 48.0 Å². The van der Waals surface area contributed by atoms with Gasteiger partial charge in [-0.25, -0.2) is 0 Å². The zero-order valence-corrected chi connectivity index (χ0v) is 14.5. The van der Waals surface area contributed by atoms with Crippen LogP contribution in [0.25, 0.3) is 16.8 Å². The maximum atomic E-state index is 4.00. The SMILES string of the molecule is C#C.C=Cc1c(C)cc2ccccc2c1CC.CC.CC. The summed E-state index contributed by atoms with van der Waals surface area (Å²) >= 11 is 0. The minimum Gasteiger partial charge on any atom is -0.124 e. The van der Waals surface area contributed by atoms with Crippen molar-refractivity contribution in [3.8, 4) is 12.8 Å². The fourth-order valence-electron chi connectivity index (χ4n) is 2.26. The van der Waals surface area contributed by atoms with E-state index in [1.807, 2.05) is 33.8 Å². The first kappa shape index (κ1) is 21.3. The minimum atomic E-state index is 1.06. The first-order valence-electron chi connectivity index (χ1n) is 7.75. The summed E-state index contributed by atoms with van der Waals surface area (Å²) in [6.45, 7) is 16.3. The standard InChI is InChI=1S/C15H16.2C2H6.C2H2/c1-4-13-11(3)10-12-8-6-7-9-15(12)14(13)5-2;3*1-2/h4,6-10H,1,5H2,2-3H3;2*1-2H3;1-2H. The van der Waals surface area contributed by atoms with Gasteiger partial charge in [0.1, 0.15) is 0 Å². The Bertz CT molecular complexity index is 544. The van der Waals surface area contributed by atoms with E-state index in [9.17, 15) is 0 Å². The molecule has 2 rings (SSSR count). The molecule has 2 aromatic rings. The lowest BCUT2D eigenvalue weighted by Crippen LogP contribution is -1.92. The van der Waals surface area contributed by atoms with Gasteiger partial charge in [-0.3, -0.25) is 0 Å². The second kappa shape index (κ2) is 13.0. The Hall–Kier alpha value is -2.00. The summed E-state index contributed by atoms with van der Waals surface area (Å²) in [5.41, 5.74) is 4.04. The van der Waals surface area contributed by atoms with Crippen LogP contribution in [0.15, 0.2) is 36.9 Å². The number of terminal acetylenes is 1. The van der Waals surface area contributed by atoms with E-state index in [0.29, 0.717) is 0 Å². The fourth-order valence-corrected chi connectivity index (χ4v) is 2.26.